The number of isothiocyanates is 1. The van der Waals surface area contributed by atoms with E-state index >= 15 is 0 Å². The zero-order valence-corrected chi connectivity index (χ0v) is 11.5. The SMILES string of the molecule is CC(CN(Cc1ccccc1)N=C=S)NCCN. The Bertz CT molecular complexity index is 376. The van der Waals surface area contributed by atoms with E-state index in [1.54, 1.807) is 0 Å². The Labute approximate surface area is 114 Å². The summed E-state index contributed by atoms with van der Waals surface area (Å²) in [6.07, 6.45) is 0. The van der Waals surface area contributed by atoms with Gasteiger partial charge in [0.25, 0.3) is 0 Å². The van der Waals surface area contributed by atoms with E-state index in [1.165, 1.54) is 5.56 Å². The molecule has 0 saturated carbocycles. The number of hydrazone groups is 1. The Morgan fingerprint density at radius 2 is 2.17 bits per heavy atom. The molecule has 1 rings (SSSR count). The van der Waals surface area contributed by atoms with Crippen molar-refractivity contribution in [3.8, 4) is 0 Å². The number of benzene rings is 1. The number of rotatable bonds is 8. The van der Waals surface area contributed by atoms with E-state index in [2.05, 4.69) is 46.9 Å². The maximum absolute atomic E-state index is 5.46. The van der Waals surface area contributed by atoms with E-state index in [9.17, 15) is 0 Å². The van der Waals surface area contributed by atoms with Gasteiger partial charge in [0.15, 0.2) is 0 Å². The van der Waals surface area contributed by atoms with Crippen LogP contribution in [0, 0.1) is 0 Å². The van der Waals surface area contributed by atoms with E-state index in [0.29, 0.717) is 12.6 Å². The van der Waals surface area contributed by atoms with Gasteiger partial charge in [0, 0.05) is 19.1 Å². The fourth-order valence-electron chi connectivity index (χ4n) is 1.70. The van der Waals surface area contributed by atoms with Gasteiger partial charge < -0.3 is 11.1 Å². The summed E-state index contributed by atoms with van der Waals surface area (Å²) in [4.78, 5) is 0. The molecule has 0 spiro atoms. The van der Waals surface area contributed by atoms with Gasteiger partial charge >= 0.3 is 0 Å². The Morgan fingerprint density at radius 1 is 1.44 bits per heavy atom. The van der Waals surface area contributed by atoms with Gasteiger partial charge in [-0.25, -0.2) is 0 Å². The Balaban J connectivity index is 2.52. The lowest BCUT2D eigenvalue weighted by atomic mass is 10.2. The smallest absolute Gasteiger partial charge is 0.0846 e. The number of hydrogen-bond donors (Lipinski definition) is 2. The summed E-state index contributed by atoms with van der Waals surface area (Å²) in [6, 6.07) is 10.5. The van der Waals surface area contributed by atoms with E-state index in [4.69, 9.17) is 5.73 Å². The van der Waals surface area contributed by atoms with Gasteiger partial charge in [-0.3, -0.25) is 5.01 Å². The number of nitrogens with one attached hydrogen (secondary N) is 1. The maximum Gasteiger partial charge on any atom is 0.0846 e. The molecule has 0 fully saturated rings. The van der Waals surface area contributed by atoms with Crippen LogP contribution >= 0.6 is 12.2 Å². The molecular formula is C13H20N4S. The highest BCUT2D eigenvalue weighted by atomic mass is 32.1. The van der Waals surface area contributed by atoms with Crippen LogP contribution < -0.4 is 11.1 Å². The third-order valence-electron chi connectivity index (χ3n) is 2.51. The second-order valence-corrected chi connectivity index (χ2v) is 4.35. The molecule has 5 heteroatoms. The first-order chi connectivity index (χ1) is 8.76. The van der Waals surface area contributed by atoms with Crippen molar-refractivity contribution in [2.75, 3.05) is 19.6 Å². The first-order valence-corrected chi connectivity index (χ1v) is 6.47. The summed E-state index contributed by atoms with van der Waals surface area (Å²) >= 11 is 4.69. The zero-order chi connectivity index (χ0) is 13.2. The van der Waals surface area contributed by atoms with Crippen molar-refractivity contribution in [3.63, 3.8) is 0 Å². The number of hydrogen-bond acceptors (Lipinski definition) is 5. The first-order valence-electron chi connectivity index (χ1n) is 6.06. The van der Waals surface area contributed by atoms with Crippen LogP contribution in [-0.2, 0) is 6.54 Å². The average molecular weight is 264 g/mol. The van der Waals surface area contributed by atoms with Crippen LogP contribution in [0.1, 0.15) is 12.5 Å². The van der Waals surface area contributed by atoms with Gasteiger partial charge in [-0.1, -0.05) is 30.3 Å². The van der Waals surface area contributed by atoms with Crippen molar-refractivity contribution in [2.24, 2.45) is 10.8 Å². The molecule has 1 aromatic rings. The lowest BCUT2D eigenvalue weighted by molar-refractivity contribution is 0.253. The monoisotopic (exact) mass is 264 g/mol. The van der Waals surface area contributed by atoms with Crippen molar-refractivity contribution in [1.29, 1.82) is 0 Å². The number of thiocarbonyl (C=S) groups is 1. The molecule has 3 N–H and O–H groups in total. The number of nitrogens with two attached hydrogens (primary N) is 1. The predicted octanol–water partition coefficient (Wildman–Crippen LogP) is 1.44. The summed E-state index contributed by atoms with van der Waals surface area (Å²) in [7, 11) is 0. The van der Waals surface area contributed by atoms with Gasteiger partial charge in [-0.2, -0.15) is 0 Å². The van der Waals surface area contributed by atoms with Gasteiger partial charge in [0.05, 0.1) is 18.3 Å². The fraction of sp³-hybridized carbons (Fsp3) is 0.462. The minimum absolute atomic E-state index is 0.310. The van der Waals surface area contributed by atoms with Crippen LogP contribution in [0.25, 0.3) is 0 Å². The molecule has 0 bridgehead atoms. The quantitative estimate of drug-likeness (QED) is 0.424. The molecule has 1 aromatic carbocycles. The van der Waals surface area contributed by atoms with Crippen LogP contribution in [0.4, 0.5) is 0 Å². The molecule has 0 aliphatic heterocycles. The summed E-state index contributed by atoms with van der Waals surface area (Å²) in [6.45, 7) is 5.06. The Hall–Kier alpha value is -1.26. The highest BCUT2D eigenvalue weighted by Crippen LogP contribution is 2.05. The molecule has 0 aliphatic carbocycles. The maximum atomic E-state index is 5.46. The summed E-state index contributed by atoms with van der Waals surface area (Å²) in [5.41, 5.74) is 6.67. The first kappa shape index (κ1) is 14.8. The highest BCUT2D eigenvalue weighted by molar-refractivity contribution is 7.78. The zero-order valence-electron chi connectivity index (χ0n) is 10.7. The molecule has 98 valence electrons. The minimum atomic E-state index is 0.310. The third-order valence-corrected chi connectivity index (χ3v) is 2.59. The number of nitrogens with zero attached hydrogens (tertiary/aromatic N) is 2. The second-order valence-electron chi connectivity index (χ2n) is 4.17. The van der Waals surface area contributed by atoms with Crippen LogP contribution in [0.15, 0.2) is 35.4 Å². The molecule has 1 unspecified atom stereocenters. The second kappa shape index (κ2) is 8.78. The molecule has 18 heavy (non-hydrogen) atoms. The van der Waals surface area contributed by atoms with Gasteiger partial charge in [-0.05, 0) is 24.7 Å². The summed E-state index contributed by atoms with van der Waals surface area (Å²) in [5, 5.41) is 11.8. The molecule has 0 heterocycles. The summed E-state index contributed by atoms with van der Waals surface area (Å²) in [5.74, 6) is 0. The highest BCUT2D eigenvalue weighted by Gasteiger charge is 2.07. The van der Waals surface area contributed by atoms with Gasteiger partial charge in [-0.15, -0.1) is 5.10 Å². The topological polar surface area (TPSA) is 53.6 Å². The standard InChI is InChI=1S/C13H20N4S/c1-12(15-8-7-14)9-17(16-11-18)10-13-5-3-2-4-6-13/h2-6,12,15H,7-10,14H2,1H3. The lowest BCUT2D eigenvalue weighted by Crippen LogP contribution is -2.39. The van der Waals surface area contributed by atoms with Gasteiger partial charge in [0.1, 0.15) is 0 Å². The molecule has 1 atom stereocenters. The van der Waals surface area contributed by atoms with E-state index in [0.717, 1.165) is 19.6 Å². The fourth-order valence-corrected chi connectivity index (χ4v) is 1.82. The predicted molar refractivity (Wildman–Crippen MR) is 78.4 cm³/mol. The molecule has 0 aromatic heterocycles. The van der Waals surface area contributed by atoms with Crippen molar-refractivity contribution in [3.05, 3.63) is 35.9 Å². The molecular weight excluding hydrogens is 244 g/mol. The normalized spacial score (nSPS) is 11.7. The van der Waals surface area contributed by atoms with Crippen LogP contribution in [0.3, 0.4) is 0 Å². The summed E-state index contributed by atoms with van der Waals surface area (Å²) < 4.78 is 0. The van der Waals surface area contributed by atoms with Crippen molar-refractivity contribution in [1.82, 2.24) is 10.3 Å². The Kier molecular flexibility index (Phi) is 7.22. The van der Waals surface area contributed by atoms with Crippen molar-refractivity contribution < 1.29 is 0 Å². The van der Waals surface area contributed by atoms with E-state index in [-0.39, 0.29) is 0 Å². The molecule has 4 nitrogen and oxygen atoms in total. The third kappa shape index (κ3) is 5.89. The van der Waals surface area contributed by atoms with Crippen LogP contribution in [-0.4, -0.2) is 35.8 Å². The van der Waals surface area contributed by atoms with E-state index in [1.807, 2.05) is 23.2 Å². The Morgan fingerprint density at radius 3 is 2.78 bits per heavy atom. The van der Waals surface area contributed by atoms with Gasteiger partial charge in [0.2, 0.25) is 0 Å². The average Bonchev–Trinajstić information content (AvgIpc) is 2.38. The molecule has 0 saturated heterocycles. The molecule has 0 radical (unpaired) electrons. The van der Waals surface area contributed by atoms with Crippen molar-refractivity contribution in [2.45, 2.75) is 19.5 Å². The van der Waals surface area contributed by atoms with Crippen LogP contribution in [0.5, 0.6) is 0 Å². The molecule has 0 amide bonds. The van der Waals surface area contributed by atoms with E-state index < -0.39 is 0 Å². The van der Waals surface area contributed by atoms with Crippen LogP contribution in [0.2, 0.25) is 0 Å². The lowest BCUT2D eigenvalue weighted by Gasteiger charge is -2.22. The largest absolute Gasteiger partial charge is 0.329 e. The molecule has 0 aliphatic rings. The van der Waals surface area contributed by atoms with Crippen molar-refractivity contribution >= 4 is 17.4 Å². The minimum Gasteiger partial charge on any atom is -0.329 e.